The summed E-state index contributed by atoms with van der Waals surface area (Å²) in [5.41, 5.74) is 4.75. The molecule has 5 nitrogen and oxygen atoms in total. The maximum Gasteiger partial charge on any atom is 0.275 e. The highest BCUT2D eigenvalue weighted by atomic mass is 79.9. The van der Waals surface area contributed by atoms with E-state index in [1.54, 1.807) is 24.4 Å². The van der Waals surface area contributed by atoms with Crippen molar-refractivity contribution in [2.75, 3.05) is 7.11 Å². The van der Waals surface area contributed by atoms with Crippen molar-refractivity contribution in [2.24, 2.45) is 5.10 Å². The lowest BCUT2D eigenvalue weighted by molar-refractivity contribution is 0.0952. The Kier molecular flexibility index (Phi) is 6.81. The number of methoxy groups -OCH3 is 1. The van der Waals surface area contributed by atoms with E-state index >= 15 is 0 Å². The number of hydrogen-bond acceptors (Lipinski definition) is 4. The number of hydrazone groups is 1. The third-order valence-electron chi connectivity index (χ3n) is 3.93. The molecule has 0 aliphatic rings. The predicted molar refractivity (Wildman–Crippen MR) is 113 cm³/mol. The number of halogens is 1. The lowest BCUT2D eigenvalue weighted by Gasteiger charge is -2.09. The fraction of sp³-hybridized carbons (Fsp3) is 0.0909. The molecule has 3 rings (SSSR count). The van der Waals surface area contributed by atoms with Gasteiger partial charge in [-0.15, -0.1) is 0 Å². The molecule has 142 valence electrons. The Balaban J connectivity index is 1.68. The Labute approximate surface area is 172 Å². The Hall–Kier alpha value is -3.12. The Bertz CT molecular complexity index is 975. The highest BCUT2D eigenvalue weighted by molar-refractivity contribution is 9.10. The van der Waals surface area contributed by atoms with Crippen LogP contribution in [0.25, 0.3) is 0 Å². The Morgan fingerprint density at radius 1 is 1.04 bits per heavy atom. The normalized spacial score (nSPS) is 10.6. The van der Waals surface area contributed by atoms with Crippen LogP contribution in [-0.4, -0.2) is 19.2 Å². The predicted octanol–water partition coefficient (Wildman–Crippen LogP) is 4.80. The van der Waals surface area contributed by atoms with Gasteiger partial charge in [-0.25, -0.2) is 5.43 Å². The van der Waals surface area contributed by atoms with Crippen LogP contribution in [0.3, 0.4) is 0 Å². The van der Waals surface area contributed by atoms with Gasteiger partial charge in [-0.1, -0.05) is 58.4 Å². The van der Waals surface area contributed by atoms with Crippen molar-refractivity contribution in [3.63, 3.8) is 0 Å². The molecule has 0 heterocycles. The minimum Gasteiger partial charge on any atom is -0.496 e. The summed E-state index contributed by atoms with van der Waals surface area (Å²) in [4.78, 5) is 12.4. The molecule has 0 saturated carbocycles. The maximum absolute atomic E-state index is 12.4. The van der Waals surface area contributed by atoms with Crippen LogP contribution in [0.1, 0.15) is 21.5 Å². The molecule has 0 aliphatic heterocycles. The van der Waals surface area contributed by atoms with Crippen LogP contribution in [-0.2, 0) is 6.61 Å². The lowest BCUT2D eigenvalue weighted by atomic mass is 10.2. The first-order chi connectivity index (χ1) is 13.7. The van der Waals surface area contributed by atoms with Gasteiger partial charge in [-0.3, -0.25) is 4.79 Å². The molecule has 0 radical (unpaired) electrons. The summed E-state index contributed by atoms with van der Waals surface area (Å²) < 4.78 is 11.9. The SMILES string of the molecule is COc1ccc(Br)cc1C(=O)N/N=C\c1ccccc1OCc1ccccc1. The average Bonchev–Trinajstić information content (AvgIpc) is 2.73. The molecule has 0 aromatic heterocycles. The summed E-state index contributed by atoms with van der Waals surface area (Å²) in [6.45, 7) is 0.452. The van der Waals surface area contributed by atoms with Crippen LogP contribution in [0.4, 0.5) is 0 Å². The van der Waals surface area contributed by atoms with Crippen LogP contribution in [0.15, 0.2) is 82.4 Å². The fourth-order valence-electron chi connectivity index (χ4n) is 2.53. The van der Waals surface area contributed by atoms with Gasteiger partial charge in [0, 0.05) is 10.0 Å². The lowest BCUT2D eigenvalue weighted by Crippen LogP contribution is -2.18. The number of rotatable bonds is 7. The van der Waals surface area contributed by atoms with Gasteiger partial charge < -0.3 is 9.47 Å². The topological polar surface area (TPSA) is 59.9 Å². The van der Waals surface area contributed by atoms with E-state index in [-0.39, 0.29) is 5.91 Å². The standard InChI is InChI=1S/C22H19BrN2O3/c1-27-21-12-11-18(23)13-19(21)22(26)25-24-14-17-9-5-6-10-20(17)28-15-16-7-3-2-4-8-16/h2-14H,15H2,1H3,(H,25,26)/b24-14-. The van der Waals surface area contributed by atoms with E-state index in [2.05, 4.69) is 26.5 Å². The van der Waals surface area contributed by atoms with E-state index in [4.69, 9.17) is 9.47 Å². The second-order valence-electron chi connectivity index (χ2n) is 5.86. The van der Waals surface area contributed by atoms with Crippen LogP contribution in [0, 0.1) is 0 Å². The third kappa shape index (κ3) is 5.20. The molecule has 1 N–H and O–H groups in total. The molecule has 0 bridgehead atoms. The first-order valence-electron chi connectivity index (χ1n) is 8.60. The molecule has 0 atom stereocenters. The Morgan fingerprint density at radius 2 is 1.79 bits per heavy atom. The van der Waals surface area contributed by atoms with Gasteiger partial charge in [-0.05, 0) is 35.9 Å². The van der Waals surface area contributed by atoms with E-state index in [9.17, 15) is 4.79 Å². The molecule has 3 aromatic carbocycles. The molecule has 28 heavy (non-hydrogen) atoms. The first-order valence-corrected chi connectivity index (χ1v) is 9.39. The van der Waals surface area contributed by atoms with Gasteiger partial charge in [0.1, 0.15) is 18.1 Å². The zero-order valence-corrected chi connectivity index (χ0v) is 16.8. The zero-order chi connectivity index (χ0) is 19.8. The molecule has 3 aromatic rings. The number of carbonyl (C=O) groups excluding carboxylic acids is 1. The third-order valence-corrected chi connectivity index (χ3v) is 4.43. The largest absolute Gasteiger partial charge is 0.496 e. The van der Waals surface area contributed by atoms with Crippen molar-refractivity contribution in [1.29, 1.82) is 0 Å². The second-order valence-corrected chi connectivity index (χ2v) is 6.77. The molecule has 6 heteroatoms. The number of nitrogens with zero attached hydrogens (tertiary/aromatic N) is 1. The highest BCUT2D eigenvalue weighted by Crippen LogP contribution is 2.23. The number of nitrogens with one attached hydrogen (secondary N) is 1. The second kappa shape index (κ2) is 9.71. The number of amides is 1. The number of para-hydroxylation sites is 1. The minimum atomic E-state index is -0.364. The highest BCUT2D eigenvalue weighted by Gasteiger charge is 2.12. The van der Waals surface area contributed by atoms with Crippen LogP contribution >= 0.6 is 15.9 Å². The Morgan fingerprint density at radius 3 is 2.57 bits per heavy atom. The van der Waals surface area contributed by atoms with Crippen LogP contribution < -0.4 is 14.9 Å². The molecule has 0 fully saturated rings. The van der Waals surface area contributed by atoms with E-state index in [0.29, 0.717) is 23.7 Å². The monoisotopic (exact) mass is 438 g/mol. The van der Waals surface area contributed by atoms with E-state index in [1.807, 2.05) is 54.6 Å². The van der Waals surface area contributed by atoms with Crippen LogP contribution in [0.2, 0.25) is 0 Å². The van der Waals surface area contributed by atoms with Crippen molar-refractivity contribution in [3.05, 3.63) is 94.0 Å². The molecule has 0 saturated heterocycles. The molecule has 0 aliphatic carbocycles. The molecule has 1 amide bonds. The number of benzene rings is 3. The van der Waals surface area contributed by atoms with Crippen molar-refractivity contribution in [3.8, 4) is 11.5 Å². The van der Waals surface area contributed by atoms with E-state index < -0.39 is 0 Å². The van der Waals surface area contributed by atoms with Crippen molar-refractivity contribution < 1.29 is 14.3 Å². The van der Waals surface area contributed by atoms with Crippen molar-refractivity contribution in [1.82, 2.24) is 5.43 Å². The van der Waals surface area contributed by atoms with Crippen LogP contribution in [0.5, 0.6) is 11.5 Å². The summed E-state index contributed by atoms with van der Waals surface area (Å²) in [7, 11) is 1.52. The minimum absolute atomic E-state index is 0.364. The van der Waals surface area contributed by atoms with Gasteiger partial charge in [0.05, 0.1) is 18.9 Å². The van der Waals surface area contributed by atoms with E-state index in [1.165, 1.54) is 7.11 Å². The molecule has 0 spiro atoms. The fourth-order valence-corrected chi connectivity index (χ4v) is 2.89. The summed E-state index contributed by atoms with van der Waals surface area (Å²) in [5.74, 6) is 0.795. The summed E-state index contributed by atoms with van der Waals surface area (Å²) in [6.07, 6.45) is 1.56. The number of ether oxygens (including phenoxy) is 2. The number of hydrogen-bond donors (Lipinski definition) is 1. The van der Waals surface area contributed by atoms with Gasteiger partial charge in [0.2, 0.25) is 0 Å². The van der Waals surface area contributed by atoms with E-state index in [0.717, 1.165) is 15.6 Å². The first kappa shape index (κ1) is 19.6. The smallest absolute Gasteiger partial charge is 0.275 e. The number of carbonyl (C=O) groups is 1. The maximum atomic E-state index is 12.4. The summed E-state index contributed by atoms with van der Waals surface area (Å²) in [5, 5.41) is 4.06. The summed E-state index contributed by atoms with van der Waals surface area (Å²) >= 11 is 3.35. The van der Waals surface area contributed by atoms with Gasteiger partial charge in [0.15, 0.2) is 0 Å². The average molecular weight is 439 g/mol. The van der Waals surface area contributed by atoms with Crippen molar-refractivity contribution in [2.45, 2.75) is 6.61 Å². The van der Waals surface area contributed by atoms with Crippen molar-refractivity contribution >= 4 is 28.1 Å². The van der Waals surface area contributed by atoms with Gasteiger partial charge in [0.25, 0.3) is 5.91 Å². The molecular weight excluding hydrogens is 420 g/mol. The molecular formula is C22H19BrN2O3. The van der Waals surface area contributed by atoms with Gasteiger partial charge >= 0.3 is 0 Å². The molecule has 0 unspecified atom stereocenters. The van der Waals surface area contributed by atoms with Gasteiger partial charge in [-0.2, -0.15) is 5.10 Å². The zero-order valence-electron chi connectivity index (χ0n) is 15.3. The quantitative estimate of drug-likeness (QED) is 0.425. The summed E-state index contributed by atoms with van der Waals surface area (Å²) in [6, 6.07) is 22.6.